The van der Waals surface area contributed by atoms with Crippen molar-refractivity contribution >= 4 is 34.0 Å². The van der Waals surface area contributed by atoms with E-state index in [0.717, 1.165) is 12.1 Å². The first kappa shape index (κ1) is 21.5. The normalized spacial score (nSPS) is 13.5. The van der Waals surface area contributed by atoms with Gasteiger partial charge in [0.2, 0.25) is 10.0 Å². The summed E-state index contributed by atoms with van der Waals surface area (Å²) in [5.74, 6) is 0. The van der Waals surface area contributed by atoms with E-state index in [2.05, 4.69) is 10.0 Å². The van der Waals surface area contributed by atoms with E-state index in [-0.39, 0.29) is 25.0 Å². The average molecular weight is 381 g/mol. The van der Waals surface area contributed by atoms with Crippen LogP contribution in [0.1, 0.15) is 19.4 Å². The summed E-state index contributed by atoms with van der Waals surface area (Å²) in [4.78, 5) is -0.942. The van der Waals surface area contributed by atoms with Crippen LogP contribution < -0.4 is 10.0 Å². The lowest BCUT2D eigenvalue weighted by atomic mass is 10.2. The molecule has 0 aliphatic heterocycles. The first-order valence-corrected chi connectivity index (χ1v) is 8.04. The first-order valence-electron chi connectivity index (χ1n) is 6.18. The van der Waals surface area contributed by atoms with Crippen molar-refractivity contribution in [1.29, 1.82) is 0 Å². The highest BCUT2D eigenvalue weighted by Gasteiger charge is 2.38. The quantitative estimate of drug-likeness (QED) is 0.797. The second-order valence-corrected chi connectivity index (χ2v) is 6.54. The highest BCUT2D eigenvalue weighted by Crippen LogP contribution is 2.37. The van der Waals surface area contributed by atoms with Crippen molar-refractivity contribution in [2.75, 3.05) is 13.1 Å². The van der Waals surface area contributed by atoms with Gasteiger partial charge in [-0.05, 0) is 25.6 Å². The Kier molecular flexibility index (Phi) is 8.15. The van der Waals surface area contributed by atoms with Crippen LogP contribution in [0.2, 0.25) is 5.02 Å². The molecule has 0 saturated carbocycles. The summed E-state index contributed by atoms with van der Waals surface area (Å²) < 4.78 is 65.1. The molecule has 0 aliphatic carbocycles. The molecule has 0 fully saturated rings. The fourth-order valence-electron chi connectivity index (χ4n) is 1.73. The van der Waals surface area contributed by atoms with Gasteiger partial charge >= 0.3 is 6.18 Å². The van der Waals surface area contributed by atoms with Crippen LogP contribution in [0.25, 0.3) is 0 Å². The third-order valence-corrected chi connectivity index (χ3v) is 4.62. The van der Waals surface area contributed by atoms with E-state index in [1.165, 1.54) is 0 Å². The molecule has 0 amide bonds. The number of hydrogen-bond donors (Lipinski definition) is 2. The van der Waals surface area contributed by atoms with Crippen LogP contribution in [0.4, 0.5) is 13.2 Å². The van der Waals surface area contributed by atoms with Crippen molar-refractivity contribution in [3.63, 3.8) is 0 Å². The van der Waals surface area contributed by atoms with E-state index < -0.39 is 31.7 Å². The molecule has 0 aliphatic rings. The second kappa shape index (κ2) is 8.35. The van der Waals surface area contributed by atoms with Gasteiger partial charge in [-0.15, -0.1) is 12.4 Å². The van der Waals surface area contributed by atoms with E-state index in [0.29, 0.717) is 12.6 Å². The number of alkyl halides is 3. The Morgan fingerprint density at radius 3 is 2.41 bits per heavy atom. The highest BCUT2D eigenvalue weighted by atomic mass is 35.5. The van der Waals surface area contributed by atoms with E-state index in [1.54, 1.807) is 6.92 Å². The van der Waals surface area contributed by atoms with Crippen molar-refractivity contribution in [3.8, 4) is 0 Å². The lowest BCUT2D eigenvalue weighted by molar-refractivity contribution is -0.139. The summed E-state index contributed by atoms with van der Waals surface area (Å²) in [6, 6.07) is 2.64. The maximum absolute atomic E-state index is 12.9. The zero-order valence-electron chi connectivity index (χ0n) is 11.9. The van der Waals surface area contributed by atoms with Crippen molar-refractivity contribution in [2.24, 2.45) is 0 Å². The van der Waals surface area contributed by atoms with Crippen molar-refractivity contribution in [1.82, 2.24) is 10.0 Å². The minimum Gasteiger partial charge on any atom is -0.313 e. The SMILES string of the molecule is CCN[C@H](C)CNS(=O)(=O)c1c(Cl)cccc1C(F)(F)F.Cl. The van der Waals surface area contributed by atoms with Gasteiger partial charge in [-0.25, -0.2) is 13.1 Å². The highest BCUT2D eigenvalue weighted by molar-refractivity contribution is 7.89. The van der Waals surface area contributed by atoms with Gasteiger partial charge in [-0.3, -0.25) is 0 Å². The molecular weight excluding hydrogens is 364 g/mol. The largest absolute Gasteiger partial charge is 0.417 e. The van der Waals surface area contributed by atoms with Gasteiger partial charge in [0.25, 0.3) is 0 Å². The van der Waals surface area contributed by atoms with Gasteiger partial charge in [0.15, 0.2) is 0 Å². The third-order valence-electron chi connectivity index (χ3n) is 2.67. The molecule has 10 heteroatoms. The van der Waals surface area contributed by atoms with E-state index in [1.807, 2.05) is 6.92 Å². The molecule has 22 heavy (non-hydrogen) atoms. The topological polar surface area (TPSA) is 58.2 Å². The smallest absolute Gasteiger partial charge is 0.313 e. The zero-order valence-corrected chi connectivity index (χ0v) is 14.3. The number of halogens is 5. The van der Waals surface area contributed by atoms with Gasteiger partial charge in [0.1, 0.15) is 4.90 Å². The average Bonchev–Trinajstić information content (AvgIpc) is 2.35. The number of rotatable bonds is 6. The molecule has 1 rings (SSSR count). The summed E-state index contributed by atoms with van der Waals surface area (Å²) in [6.45, 7) is 4.12. The molecule has 0 aromatic heterocycles. The monoisotopic (exact) mass is 380 g/mol. The minimum atomic E-state index is -4.80. The zero-order chi connectivity index (χ0) is 16.3. The Hall–Kier alpha value is -0.540. The van der Waals surface area contributed by atoms with Crippen LogP contribution in [0.15, 0.2) is 23.1 Å². The van der Waals surface area contributed by atoms with Gasteiger partial charge in [-0.2, -0.15) is 13.2 Å². The summed E-state index contributed by atoms with van der Waals surface area (Å²) in [6.07, 6.45) is -4.80. The number of likely N-dealkylation sites (N-methyl/N-ethyl adjacent to an activating group) is 1. The molecule has 128 valence electrons. The van der Waals surface area contributed by atoms with Crippen LogP contribution in [0.3, 0.4) is 0 Å². The molecule has 0 bridgehead atoms. The van der Waals surface area contributed by atoms with Crippen LogP contribution in [0.5, 0.6) is 0 Å². The summed E-state index contributed by atoms with van der Waals surface area (Å²) >= 11 is 5.66. The fraction of sp³-hybridized carbons (Fsp3) is 0.500. The predicted octanol–water partition coefficient (Wildman–Crippen LogP) is 3.06. The molecule has 0 radical (unpaired) electrons. The Labute approximate surface area is 138 Å². The van der Waals surface area contributed by atoms with E-state index >= 15 is 0 Å². The molecule has 0 spiro atoms. The molecule has 4 nitrogen and oxygen atoms in total. The first-order chi connectivity index (χ1) is 9.59. The molecule has 0 unspecified atom stereocenters. The Balaban J connectivity index is 0.00000441. The van der Waals surface area contributed by atoms with Crippen LogP contribution in [-0.2, 0) is 16.2 Å². The summed E-state index contributed by atoms with van der Waals surface area (Å²) in [7, 11) is -4.36. The third kappa shape index (κ3) is 5.58. The number of sulfonamides is 1. The Morgan fingerprint density at radius 2 is 1.91 bits per heavy atom. The minimum absolute atomic E-state index is 0. The van der Waals surface area contributed by atoms with Gasteiger partial charge in [0.05, 0.1) is 10.6 Å². The maximum Gasteiger partial charge on any atom is 0.417 e. The summed E-state index contributed by atoms with van der Waals surface area (Å²) in [5, 5.41) is 2.48. The molecule has 1 aromatic carbocycles. The lowest BCUT2D eigenvalue weighted by Gasteiger charge is -2.17. The fourth-order valence-corrected chi connectivity index (χ4v) is 3.62. The van der Waals surface area contributed by atoms with E-state index in [9.17, 15) is 21.6 Å². The number of hydrogen-bond acceptors (Lipinski definition) is 3. The van der Waals surface area contributed by atoms with E-state index in [4.69, 9.17) is 11.6 Å². The molecule has 0 saturated heterocycles. The molecule has 1 atom stereocenters. The Bertz CT molecular complexity index is 595. The molecular formula is C12H17Cl2F3N2O2S. The lowest BCUT2D eigenvalue weighted by Crippen LogP contribution is -2.39. The van der Waals surface area contributed by atoms with Crippen LogP contribution >= 0.6 is 24.0 Å². The molecule has 2 N–H and O–H groups in total. The number of benzene rings is 1. The molecule has 1 aromatic rings. The van der Waals surface area contributed by atoms with Crippen molar-refractivity contribution in [2.45, 2.75) is 31.0 Å². The van der Waals surface area contributed by atoms with Gasteiger partial charge < -0.3 is 5.32 Å². The predicted molar refractivity (Wildman–Crippen MR) is 82.0 cm³/mol. The maximum atomic E-state index is 12.9. The van der Waals surface area contributed by atoms with Gasteiger partial charge in [-0.1, -0.05) is 24.6 Å². The summed E-state index contributed by atoms with van der Waals surface area (Å²) in [5.41, 5.74) is -1.28. The van der Waals surface area contributed by atoms with Gasteiger partial charge in [0, 0.05) is 12.6 Å². The van der Waals surface area contributed by atoms with Crippen molar-refractivity contribution in [3.05, 3.63) is 28.8 Å². The van der Waals surface area contributed by atoms with Crippen molar-refractivity contribution < 1.29 is 21.6 Å². The standard InChI is InChI=1S/C12H16ClF3N2O2S.ClH/c1-3-17-8(2)7-18-21(19,20)11-9(12(14,15)16)5-4-6-10(11)13;/h4-6,8,17-18H,3,7H2,1-2H3;1H/t8-;/m1./s1. The van der Waals surface area contributed by atoms with Crippen LogP contribution in [-0.4, -0.2) is 27.5 Å². The Morgan fingerprint density at radius 1 is 1.32 bits per heavy atom. The molecule has 0 heterocycles. The number of nitrogens with one attached hydrogen (secondary N) is 2. The second-order valence-electron chi connectivity index (χ2n) is 4.42. The van der Waals surface area contributed by atoms with Crippen LogP contribution in [0, 0.1) is 0 Å².